The lowest BCUT2D eigenvalue weighted by molar-refractivity contribution is -0.122. The second kappa shape index (κ2) is 11.4. The molecule has 1 atom stereocenters. The highest BCUT2D eigenvalue weighted by Gasteiger charge is 2.31. The van der Waals surface area contributed by atoms with Crippen molar-refractivity contribution in [2.45, 2.75) is 44.0 Å². The molecule has 35 heavy (non-hydrogen) atoms. The van der Waals surface area contributed by atoms with Gasteiger partial charge in [-0.1, -0.05) is 19.1 Å². The summed E-state index contributed by atoms with van der Waals surface area (Å²) in [5, 5.41) is 2.74. The van der Waals surface area contributed by atoms with Crippen LogP contribution in [0.15, 0.2) is 53.4 Å². The minimum atomic E-state index is -3.70. The maximum atomic E-state index is 12.9. The smallest absolute Gasteiger partial charge is 0.244 e. The minimum absolute atomic E-state index is 0.143. The SMILES string of the molecule is CC[C@@H](C(=O)NCCOc1ccc(S(=O)(=O)N2CCCC2)cc1)N(c1cccc(C)c1)S(C)(=O)=O. The molecule has 2 aromatic rings. The summed E-state index contributed by atoms with van der Waals surface area (Å²) in [5.41, 5.74) is 1.33. The Morgan fingerprint density at radius 1 is 1.09 bits per heavy atom. The molecule has 1 fully saturated rings. The van der Waals surface area contributed by atoms with E-state index in [1.165, 1.54) is 16.4 Å². The largest absolute Gasteiger partial charge is 0.492 e. The Bertz CT molecular complexity index is 1220. The van der Waals surface area contributed by atoms with E-state index in [0.717, 1.165) is 29.0 Å². The minimum Gasteiger partial charge on any atom is -0.492 e. The third-order valence-corrected chi connectivity index (χ3v) is 8.88. The maximum Gasteiger partial charge on any atom is 0.244 e. The van der Waals surface area contributed by atoms with Crippen molar-refractivity contribution in [2.75, 3.05) is 36.8 Å². The lowest BCUT2D eigenvalue weighted by atomic mass is 10.1. The van der Waals surface area contributed by atoms with E-state index < -0.39 is 32.0 Å². The maximum absolute atomic E-state index is 12.9. The van der Waals surface area contributed by atoms with Crippen molar-refractivity contribution in [3.63, 3.8) is 0 Å². The number of nitrogens with zero attached hydrogens (tertiary/aromatic N) is 2. The standard InChI is InChI=1S/C24H33N3O6S2/c1-4-23(27(34(3,29)30)20-9-7-8-19(2)18-20)24(28)25-14-17-33-21-10-12-22(13-11-21)35(31,32)26-15-5-6-16-26/h7-13,18,23H,4-6,14-17H2,1-3H3,(H,25,28)/t23-/m0/s1. The number of ether oxygens (including phenoxy) is 1. The number of hydrogen-bond acceptors (Lipinski definition) is 6. The van der Waals surface area contributed by atoms with Gasteiger partial charge in [-0.25, -0.2) is 16.8 Å². The molecule has 0 unspecified atom stereocenters. The molecule has 0 saturated carbocycles. The Labute approximate surface area is 208 Å². The second-order valence-electron chi connectivity index (χ2n) is 8.54. The first-order valence-electron chi connectivity index (χ1n) is 11.6. The number of carbonyl (C=O) groups is 1. The molecule has 11 heteroatoms. The van der Waals surface area contributed by atoms with Gasteiger partial charge in [0.2, 0.25) is 26.0 Å². The first kappa shape index (κ1) is 27.0. The number of anilines is 1. The van der Waals surface area contributed by atoms with E-state index in [1.54, 1.807) is 37.3 Å². The van der Waals surface area contributed by atoms with Gasteiger partial charge in [0.25, 0.3) is 0 Å². The average molecular weight is 524 g/mol. The molecular weight excluding hydrogens is 490 g/mol. The van der Waals surface area contributed by atoms with Crippen LogP contribution in [0.25, 0.3) is 0 Å². The first-order chi connectivity index (χ1) is 16.5. The number of rotatable bonds is 11. The topological polar surface area (TPSA) is 113 Å². The molecule has 3 rings (SSSR count). The van der Waals surface area contributed by atoms with E-state index in [9.17, 15) is 21.6 Å². The lowest BCUT2D eigenvalue weighted by Gasteiger charge is -2.30. The van der Waals surface area contributed by atoms with E-state index in [4.69, 9.17) is 4.74 Å². The van der Waals surface area contributed by atoms with Gasteiger partial charge in [-0.05, 0) is 68.1 Å². The Balaban J connectivity index is 1.57. The molecule has 9 nitrogen and oxygen atoms in total. The summed E-state index contributed by atoms with van der Waals surface area (Å²) < 4.78 is 58.5. The summed E-state index contributed by atoms with van der Waals surface area (Å²) in [7, 11) is -7.18. The number of benzene rings is 2. The van der Waals surface area contributed by atoms with Crippen LogP contribution in [0.5, 0.6) is 5.75 Å². The highest BCUT2D eigenvalue weighted by Crippen LogP contribution is 2.24. The van der Waals surface area contributed by atoms with E-state index in [-0.39, 0.29) is 18.0 Å². The molecule has 1 saturated heterocycles. The van der Waals surface area contributed by atoms with Crippen molar-refractivity contribution in [1.82, 2.24) is 9.62 Å². The molecular formula is C24H33N3O6S2. The molecule has 192 valence electrons. The Hall–Kier alpha value is -2.63. The average Bonchev–Trinajstić information content (AvgIpc) is 3.35. The van der Waals surface area contributed by atoms with Crippen molar-refractivity contribution < 1.29 is 26.4 Å². The quantitative estimate of drug-likeness (QED) is 0.453. The van der Waals surface area contributed by atoms with Gasteiger partial charge in [0.1, 0.15) is 18.4 Å². The number of sulfonamides is 2. The zero-order valence-electron chi connectivity index (χ0n) is 20.3. The Kier molecular flexibility index (Phi) is 8.79. The second-order valence-corrected chi connectivity index (χ2v) is 12.3. The van der Waals surface area contributed by atoms with Crippen LogP contribution in [-0.4, -0.2) is 65.6 Å². The normalized spacial score (nSPS) is 15.5. The number of amides is 1. The predicted octanol–water partition coefficient (Wildman–Crippen LogP) is 2.52. The zero-order valence-corrected chi connectivity index (χ0v) is 21.9. The van der Waals surface area contributed by atoms with Crippen LogP contribution >= 0.6 is 0 Å². The van der Waals surface area contributed by atoms with E-state index in [0.29, 0.717) is 30.9 Å². The molecule has 1 N–H and O–H groups in total. The summed E-state index contributed by atoms with van der Waals surface area (Å²) in [6.45, 7) is 5.00. The van der Waals surface area contributed by atoms with Gasteiger partial charge in [0.05, 0.1) is 23.4 Å². The summed E-state index contributed by atoms with van der Waals surface area (Å²) in [5.74, 6) is 0.0549. The van der Waals surface area contributed by atoms with E-state index in [1.807, 2.05) is 13.0 Å². The molecule has 2 aromatic carbocycles. The Morgan fingerprint density at radius 2 is 1.74 bits per heavy atom. The molecule has 0 radical (unpaired) electrons. The summed E-state index contributed by atoms with van der Waals surface area (Å²) >= 11 is 0. The fraction of sp³-hybridized carbons (Fsp3) is 0.458. The molecule has 1 amide bonds. The summed E-state index contributed by atoms with van der Waals surface area (Å²) in [4.78, 5) is 13.1. The molecule has 0 aliphatic carbocycles. The molecule has 1 aliphatic heterocycles. The van der Waals surface area contributed by atoms with Crippen LogP contribution in [0.1, 0.15) is 31.7 Å². The van der Waals surface area contributed by atoms with Crippen molar-refractivity contribution in [3.8, 4) is 5.75 Å². The van der Waals surface area contributed by atoms with Crippen molar-refractivity contribution in [3.05, 3.63) is 54.1 Å². The fourth-order valence-electron chi connectivity index (χ4n) is 4.07. The molecule has 0 bridgehead atoms. The third kappa shape index (κ3) is 6.74. The van der Waals surface area contributed by atoms with Gasteiger partial charge in [0, 0.05) is 13.1 Å². The molecule has 1 aliphatic rings. The highest BCUT2D eigenvalue weighted by molar-refractivity contribution is 7.92. The van der Waals surface area contributed by atoms with Crippen LogP contribution < -0.4 is 14.4 Å². The van der Waals surface area contributed by atoms with Gasteiger partial charge in [-0.2, -0.15) is 4.31 Å². The molecule has 1 heterocycles. The first-order valence-corrected chi connectivity index (χ1v) is 14.9. The molecule has 0 aromatic heterocycles. The van der Waals surface area contributed by atoms with Crippen LogP contribution in [0.3, 0.4) is 0 Å². The number of carbonyl (C=O) groups excluding carboxylic acids is 1. The monoisotopic (exact) mass is 523 g/mol. The lowest BCUT2D eigenvalue weighted by Crippen LogP contribution is -2.50. The van der Waals surface area contributed by atoms with Crippen LogP contribution in [0, 0.1) is 6.92 Å². The van der Waals surface area contributed by atoms with Crippen LogP contribution in [-0.2, 0) is 24.8 Å². The van der Waals surface area contributed by atoms with E-state index in [2.05, 4.69) is 5.32 Å². The van der Waals surface area contributed by atoms with Gasteiger partial charge < -0.3 is 10.1 Å². The van der Waals surface area contributed by atoms with Gasteiger partial charge >= 0.3 is 0 Å². The predicted molar refractivity (Wildman–Crippen MR) is 136 cm³/mol. The number of hydrogen-bond donors (Lipinski definition) is 1. The van der Waals surface area contributed by atoms with Crippen LogP contribution in [0.2, 0.25) is 0 Å². The highest BCUT2D eigenvalue weighted by atomic mass is 32.2. The van der Waals surface area contributed by atoms with Crippen LogP contribution in [0.4, 0.5) is 5.69 Å². The van der Waals surface area contributed by atoms with Crippen molar-refractivity contribution in [1.29, 1.82) is 0 Å². The van der Waals surface area contributed by atoms with Gasteiger partial charge in [-0.3, -0.25) is 9.10 Å². The summed E-state index contributed by atoms with van der Waals surface area (Å²) in [6, 6.07) is 12.3. The van der Waals surface area contributed by atoms with Crippen molar-refractivity contribution in [2.24, 2.45) is 0 Å². The Morgan fingerprint density at radius 3 is 2.31 bits per heavy atom. The number of nitrogens with one attached hydrogen (secondary N) is 1. The van der Waals surface area contributed by atoms with E-state index >= 15 is 0 Å². The zero-order chi connectivity index (χ0) is 25.6. The van der Waals surface area contributed by atoms with Crippen molar-refractivity contribution >= 4 is 31.6 Å². The number of aryl methyl sites for hydroxylation is 1. The molecule has 0 spiro atoms. The third-order valence-electron chi connectivity index (χ3n) is 5.78. The summed E-state index contributed by atoms with van der Waals surface area (Å²) in [6.07, 6.45) is 3.12. The van der Waals surface area contributed by atoms with Gasteiger partial charge in [-0.15, -0.1) is 0 Å². The van der Waals surface area contributed by atoms with Gasteiger partial charge in [0.15, 0.2) is 0 Å². The fourth-order valence-corrected chi connectivity index (χ4v) is 6.79.